The lowest BCUT2D eigenvalue weighted by atomic mass is 10.1. The van der Waals surface area contributed by atoms with Crippen molar-refractivity contribution in [3.8, 4) is 0 Å². The maximum absolute atomic E-state index is 2.21. The van der Waals surface area contributed by atoms with Crippen molar-refractivity contribution in [1.29, 1.82) is 0 Å². The predicted molar refractivity (Wildman–Crippen MR) is 94.9 cm³/mol. The summed E-state index contributed by atoms with van der Waals surface area (Å²) in [5.41, 5.74) is 3.66. The van der Waals surface area contributed by atoms with E-state index < -0.39 is 0 Å². The van der Waals surface area contributed by atoms with Crippen LogP contribution in [0.4, 0.5) is 5.69 Å². The molecule has 1 heterocycles. The molecule has 116 valence electrons. The molecule has 1 aromatic heterocycles. The lowest BCUT2D eigenvalue weighted by molar-refractivity contribution is -0.696. The zero-order chi connectivity index (χ0) is 15.9. The van der Waals surface area contributed by atoms with Crippen LogP contribution in [0.25, 0.3) is 12.2 Å². The van der Waals surface area contributed by atoms with Gasteiger partial charge in [-0.1, -0.05) is 24.3 Å². The van der Waals surface area contributed by atoms with E-state index >= 15 is 0 Å². The highest BCUT2D eigenvalue weighted by Gasteiger charge is 2.00. The minimum Gasteiger partial charge on any atom is -0.378 e. The summed E-state index contributed by atoms with van der Waals surface area (Å²) in [6.07, 6.45) is 8.58. The van der Waals surface area contributed by atoms with E-state index in [0.717, 1.165) is 13.1 Å². The first kappa shape index (κ1) is 16.2. The second-order valence-corrected chi connectivity index (χ2v) is 5.99. The number of rotatable bonds is 6. The molecule has 0 spiro atoms. The smallest absolute Gasteiger partial charge is 0.169 e. The first-order valence-electron chi connectivity index (χ1n) is 7.64. The Balaban J connectivity index is 1.97. The predicted octanol–water partition coefficient (Wildman–Crippen LogP) is 2.77. The van der Waals surface area contributed by atoms with Crippen molar-refractivity contribution in [3.05, 3.63) is 59.9 Å². The van der Waals surface area contributed by atoms with Crippen LogP contribution in [0.1, 0.15) is 11.1 Å². The van der Waals surface area contributed by atoms with Gasteiger partial charge in [-0.25, -0.2) is 4.57 Å². The molecule has 0 aliphatic heterocycles. The van der Waals surface area contributed by atoms with Crippen molar-refractivity contribution < 1.29 is 4.57 Å². The molecule has 3 nitrogen and oxygen atoms in total. The van der Waals surface area contributed by atoms with Gasteiger partial charge in [0.25, 0.3) is 0 Å². The fraction of sp³-hybridized carbons (Fsp3) is 0.316. The molecule has 0 amide bonds. The first-order chi connectivity index (χ1) is 10.5. The molecular weight excluding hydrogens is 270 g/mol. The number of benzene rings is 1. The normalized spacial score (nSPS) is 11.3. The molecule has 1 aromatic carbocycles. The van der Waals surface area contributed by atoms with Crippen molar-refractivity contribution in [2.75, 3.05) is 39.6 Å². The zero-order valence-corrected chi connectivity index (χ0v) is 14.0. The molecule has 0 N–H and O–H groups in total. The van der Waals surface area contributed by atoms with Gasteiger partial charge < -0.3 is 9.80 Å². The van der Waals surface area contributed by atoms with E-state index in [1.54, 1.807) is 0 Å². The number of anilines is 1. The highest BCUT2D eigenvalue weighted by Crippen LogP contribution is 2.14. The summed E-state index contributed by atoms with van der Waals surface area (Å²) >= 11 is 0. The molecule has 0 aliphatic rings. The molecule has 0 radical (unpaired) electrons. The van der Waals surface area contributed by atoms with Crippen LogP contribution in [-0.2, 0) is 6.54 Å². The van der Waals surface area contributed by atoms with Crippen LogP contribution in [-0.4, -0.2) is 39.6 Å². The third kappa shape index (κ3) is 5.01. The second kappa shape index (κ2) is 7.76. The number of hydrogen-bond donors (Lipinski definition) is 0. The summed E-state index contributed by atoms with van der Waals surface area (Å²) in [5, 5.41) is 0. The molecule has 0 aliphatic carbocycles. The lowest BCUT2D eigenvalue weighted by Gasteiger charge is -2.11. The van der Waals surface area contributed by atoms with E-state index in [1.165, 1.54) is 16.8 Å². The molecule has 0 saturated carbocycles. The van der Waals surface area contributed by atoms with Crippen molar-refractivity contribution >= 4 is 17.8 Å². The average Bonchev–Trinajstić information content (AvgIpc) is 2.52. The highest BCUT2D eigenvalue weighted by molar-refractivity contribution is 5.70. The standard InChI is InChI=1S/C19H26N3/c1-20(2)15-16-22-13-11-18(12-14-22)6-5-17-7-9-19(10-8-17)21(3)4/h5-14H,15-16H2,1-4H3/q+1. The van der Waals surface area contributed by atoms with Crippen molar-refractivity contribution in [2.24, 2.45) is 0 Å². The maximum Gasteiger partial charge on any atom is 0.169 e. The summed E-state index contributed by atoms with van der Waals surface area (Å²) in [6.45, 7) is 2.07. The second-order valence-electron chi connectivity index (χ2n) is 5.99. The highest BCUT2D eigenvalue weighted by atomic mass is 15.1. The molecule has 0 unspecified atom stereocenters. The van der Waals surface area contributed by atoms with Crippen LogP contribution in [0.2, 0.25) is 0 Å². The van der Waals surface area contributed by atoms with Crippen molar-refractivity contribution in [2.45, 2.75) is 6.54 Å². The monoisotopic (exact) mass is 296 g/mol. The number of hydrogen-bond acceptors (Lipinski definition) is 2. The quantitative estimate of drug-likeness (QED) is 0.759. The van der Waals surface area contributed by atoms with E-state index in [9.17, 15) is 0 Å². The molecule has 2 aromatic rings. The third-order valence-electron chi connectivity index (χ3n) is 3.60. The summed E-state index contributed by atoms with van der Waals surface area (Å²) in [4.78, 5) is 4.30. The zero-order valence-electron chi connectivity index (χ0n) is 14.0. The Morgan fingerprint density at radius 2 is 1.36 bits per heavy atom. The number of nitrogens with zero attached hydrogens (tertiary/aromatic N) is 3. The van der Waals surface area contributed by atoms with Gasteiger partial charge in [0.1, 0.15) is 0 Å². The summed E-state index contributed by atoms with van der Waals surface area (Å²) in [6, 6.07) is 12.9. The van der Waals surface area contributed by atoms with E-state index in [4.69, 9.17) is 0 Å². The van der Waals surface area contributed by atoms with E-state index in [1.807, 2.05) is 0 Å². The van der Waals surface area contributed by atoms with Gasteiger partial charge in [-0.3, -0.25) is 0 Å². The number of aromatic nitrogens is 1. The Morgan fingerprint density at radius 3 is 1.86 bits per heavy atom. The number of pyridine rings is 1. The van der Waals surface area contributed by atoms with E-state index in [-0.39, 0.29) is 0 Å². The van der Waals surface area contributed by atoms with Gasteiger partial charge in [-0.15, -0.1) is 0 Å². The Bertz CT molecular complexity index is 596. The lowest BCUT2D eigenvalue weighted by Crippen LogP contribution is -2.37. The van der Waals surface area contributed by atoms with E-state index in [2.05, 4.69) is 104 Å². The molecule has 3 heteroatoms. The van der Waals surface area contributed by atoms with Gasteiger partial charge in [0, 0.05) is 31.9 Å². The molecule has 0 saturated heterocycles. The topological polar surface area (TPSA) is 10.4 Å². The average molecular weight is 296 g/mol. The summed E-state index contributed by atoms with van der Waals surface area (Å²) in [5.74, 6) is 0. The SMILES string of the molecule is CN(C)CC[n+]1ccc(/C=C/c2ccc(N(C)C)cc2)cc1. The van der Waals surface area contributed by atoms with Crippen LogP contribution in [0.15, 0.2) is 48.8 Å². The summed E-state index contributed by atoms with van der Waals surface area (Å²) < 4.78 is 2.21. The van der Waals surface area contributed by atoms with E-state index in [0.29, 0.717) is 0 Å². The Morgan fingerprint density at radius 1 is 0.818 bits per heavy atom. The minimum absolute atomic E-state index is 1.02. The first-order valence-corrected chi connectivity index (χ1v) is 7.64. The third-order valence-corrected chi connectivity index (χ3v) is 3.60. The fourth-order valence-electron chi connectivity index (χ4n) is 2.12. The van der Waals surface area contributed by atoms with Gasteiger partial charge in [0.15, 0.2) is 18.9 Å². The van der Waals surface area contributed by atoms with Crippen LogP contribution in [0.3, 0.4) is 0 Å². The molecule has 2 rings (SSSR count). The number of likely N-dealkylation sites (N-methyl/N-ethyl adjacent to an activating group) is 1. The fourth-order valence-corrected chi connectivity index (χ4v) is 2.12. The molecular formula is C19H26N3+. The minimum atomic E-state index is 1.02. The summed E-state index contributed by atoms with van der Waals surface area (Å²) in [7, 11) is 8.30. The van der Waals surface area contributed by atoms with Gasteiger partial charge in [-0.05, 0) is 37.4 Å². The molecule has 22 heavy (non-hydrogen) atoms. The Labute approximate surface area is 134 Å². The van der Waals surface area contributed by atoms with Gasteiger partial charge >= 0.3 is 0 Å². The van der Waals surface area contributed by atoms with Crippen LogP contribution >= 0.6 is 0 Å². The Hall–Kier alpha value is -2.13. The Kier molecular flexibility index (Phi) is 5.73. The molecule has 0 fully saturated rings. The van der Waals surface area contributed by atoms with Crippen LogP contribution in [0, 0.1) is 0 Å². The largest absolute Gasteiger partial charge is 0.378 e. The van der Waals surface area contributed by atoms with Crippen LogP contribution < -0.4 is 9.47 Å². The van der Waals surface area contributed by atoms with Gasteiger partial charge in [0.2, 0.25) is 0 Å². The van der Waals surface area contributed by atoms with Crippen molar-refractivity contribution in [3.63, 3.8) is 0 Å². The van der Waals surface area contributed by atoms with Crippen LogP contribution in [0.5, 0.6) is 0 Å². The van der Waals surface area contributed by atoms with Gasteiger partial charge in [-0.2, -0.15) is 0 Å². The molecule has 0 atom stereocenters. The maximum atomic E-state index is 2.21. The van der Waals surface area contributed by atoms with Gasteiger partial charge in [0.05, 0.1) is 6.54 Å². The molecule has 0 bridgehead atoms. The van der Waals surface area contributed by atoms with Crippen molar-refractivity contribution in [1.82, 2.24) is 4.90 Å².